The number of nitrogens with one attached hydrogen (secondary N) is 1. The highest BCUT2D eigenvalue weighted by Gasteiger charge is 2.13. The fourth-order valence-corrected chi connectivity index (χ4v) is 2.94. The van der Waals surface area contributed by atoms with Gasteiger partial charge in [0, 0.05) is 16.5 Å². The number of carbonyl (C=O) groups is 2. The number of rotatable bonds is 6. The maximum atomic E-state index is 11.8. The summed E-state index contributed by atoms with van der Waals surface area (Å²) in [6.07, 6.45) is 1.63. The maximum absolute atomic E-state index is 11.8. The molecule has 0 radical (unpaired) electrons. The summed E-state index contributed by atoms with van der Waals surface area (Å²) in [5.41, 5.74) is 0.478. The van der Waals surface area contributed by atoms with E-state index < -0.39 is 0 Å². The maximum Gasteiger partial charge on any atom is 0.339 e. The van der Waals surface area contributed by atoms with Crippen LogP contribution in [0.15, 0.2) is 40.7 Å². The smallest absolute Gasteiger partial charge is 0.339 e. The molecule has 0 fully saturated rings. The molecule has 0 saturated carbocycles. The lowest BCUT2D eigenvalue weighted by molar-refractivity contribution is -0.113. The molecule has 7 heteroatoms. The van der Waals surface area contributed by atoms with E-state index >= 15 is 0 Å². The molecule has 21 heavy (non-hydrogen) atoms. The molecule has 110 valence electrons. The normalized spacial score (nSPS) is 10.1. The van der Waals surface area contributed by atoms with Crippen molar-refractivity contribution in [3.05, 3.63) is 41.4 Å². The highest BCUT2D eigenvalue weighted by molar-refractivity contribution is 8.00. The molecule has 1 aromatic carbocycles. The van der Waals surface area contributed by atoms with Crippen LogP contribution in [0.1, 0.15) is 17.3 Å². The Hall–Kier alpha value is -1.86. The lowest BCUT2D eigenvalue weighted by Gasteiger charge is -2.08. The summed E-state index contributed by atoms with van der Waals surface area (Å²) >= 11 is 2.66. The van der Waals surface area contributed by atoms with Gasteiger partial charge in [-0.25, -0.2) is 9.78 Å². The zero-order chi connectivity index (χ0) is 15.1. The summed E-state index contributed by atoms with van der Waals surface area (Å²) in [6, 6.07) is 7.09. The molecule has 2 aromatic rings. The number of hydrogen-bond donors (Lipinski definition) is 1. The first-order chi connectivity index (χ1) is 10.2. The van der Waals surface area contributed by atoms with Crippen LogP contribution in [0.2, 0.25) is 0 Å². The summed E-state index contributed by atoms with van der Waals surface area (Å²) in [6.45, 7) is 2.08. The number of thioether (sulfide) groups is 1. The highest BCUT2D eigenvalue weighted by atomic mass is 32.2. The Morgan fingerprint density at radius 3 is 2.90 bits per heavy atom. The van der Waals surface area contributed by atoms with Gasteiger partial charge >= 0.3 is 5.97 Å². The van der Waals surface area contributed by atoms with Crippen LogP contribution in [-0.2, 0) is 9.53 Å². The van der Waals surface area contributed by atoms with Gasteiger partial charge in [0.15, 0.2) is 5.13 Å². The van der Waals surface area contributed by atoms with Gasteiger partial charge in [-0.1, -0.05) is 12.1 Å². The Balaban J connectivity index is 1.96. The average Bonchev–Trinajstić information content (AvgIpc) is 2.98. The molecule has 0 spiro atoms. The average molecular weight is 322 g/mol. The first-order valence-electron chi connectivity index (χ1n) is 6.29. The van der Waals surface area contributed by atoms with Crippen molar-refractivity contribution in [2.45, 2.75) is 11.8 Å². The molecule has 1 amide bonds. The van der Waals surface area contributed by atoms with Gasteiger partial charge in [-0.15, -0.1) is 23.1 Å². The molecule has 0 bridgehead atoms. The topological polar surface area (TPSA) is 68.3 Å². The van der Waals surface area contributed by atoms with Gasteiger partial charge in [-0.2, -0.15) is 0 Å². The molecular weight excluding hydrogens is 308 g/mol. The van der Waals surface area contributed by atoms with Crippen LogP contribution in [0, 0.1) is 0 Å². The van der Waals surface area contributed by atoms with Crippen molar-refractivity contribution in [3.63, 3.8) is 0 Å². The molecule has 0 aliphatic heterocycles. The third kappa shape index (κ3) is 4.57. The first-order valence-corrected chi connectivity index (χ1v) is 8.15. The molecule has 0 atom stereocenters. The molecule has 5 nitrogen and oxygen atoms in total. The number of hydrogen-bond acceptors (Lipinski definition) is 6. The Morgan fingerprint density at radius 1 is 1.38 bits per heavy atom. The van der Waals surface area contributed by atoms with Gasteiger partial charge in [0.05, 0.1) is 17.9 Å². The number of carbonyl (C=O) groups excluding carboxylic acids is 2. The molecule has 2 rings (SSSR count). The van der Waals surface area contributed by atoms with Crippen LogP contribution in [-0.4, -0.2) is 29.2 Å². The van der Waals surface area contributed by atoms with Crippen molar-refractivity contribution >= 4 is 40.1 Å². The SMILES string of the molecule is CCOC(=O)c1ccccc1SCC(=O)Nc1nccs1. The second-order valence-electron chi connectivity index (χ2n) is 3.89. The van der Waals surface area contributed by atoms with Crippen LogP contribution < -0.4 is 5.32 Å². The summed E-state index contributed by atoms with van der Waals surface area (Å²) in [4.78, 5) is 28.3. The number of esters is 1. The van der Waals surface area contributed by atoms with E-state index in [-0.39, 0.29) is 17.6 Å². The first kappa shape index (κ1) is 15.5. The quantitative estimate of drug-likeness (QED) is 0.654. The highest BCUT2D eigenvalue weighted by Crippen LogP contribution is 2.23. The lowest BCUT2D eigenvalue weighted by atomic mass is 10.2. The third-order valence-electron chi connectivity index (χ3n) is 2.42. The number of thiazole rings is 1. The fourth-order valence-electron chi connectivity index (χ4n) is 1.55. The Kier molecular flexibility index (Phi) is 5.77. The van der Waals surface area contributed by atoms with E-state index in [1.165, 1.54) is 23.1 Å². The van der Waals surface area contributed by atoms with Crippen LogP contribution in [0.5, 0.6) is 0 Å². The van der Waals surface area contributed by atoms with Crippen molar-refractivity contribution in [2.75, 3.05) is 17.7 Å². The number of nitrogens with zero attached hydrogens (tertiary/aromatic N) is 1. The van der Waals surface area contributed by atoms with Crippen molar-refractivity contribution in [1.29, 1.82) is 0 Å². The number of anilines is 1. The fraction of sp³-hybridized carbons (Fsp3) is 0.214. The minimum absolute atomic E-state index is 0.159. The minimum Gasteiger partial charge on any atom is -0.462 e. The standard InChI is InChI=1S/C14H14N2O3S2/c1-2-19-13(18)10-5-3-4-6-11(10)21-9-12(17)16-14-15-7-8-20-14/h3-8H,2,9H2,1H3,(H,15,16,17). The van der Waals surface area contributed by atoms with Crippen molar-refractivity contribution in [1.82, 2.24) is 4.98 Å². The van der Waals surface area contributed by atoms with E-state index in [1.807, 2.05) is 6.07 Å². The molecule has 0 aliphatic carbocycles. The summed E-state index contributed by atoms with van der Waals surface area (Å²) in [5, 5.41) is 5.06. The number of amides is 1. The molecule has 0 aliphatic rings. The minimum atomic E-state index is -0.374. The van der Waals surface area contributed by atoms with Gasteiger partial charge < -0.3 is 10.1 Å². The van der Waals surface area contributed by atoms with Crippen LogP contribution >= 0.6 is 23.1 Å². The van der Waals surface area contributed by atoms with Gasteiger partial charge in [0.25, 0.3) is 0 Å². The molecule has 0 unspecified atom stereocenters. The summed E-state index contributed by atoms with van der Waals surface area (Å²) in [7, 11) is 0. The third-order valence-corrected chi connectivity index (χ3v) is 4.18. The second kappa shape index (κ2) is 7.80. The van der Waals surface area contributed by atoms with E-state index in [0.717, 1.165) is 4.90 Å². The molecule has 0 saturated heterocycles. The van der Waals surface area contributed by atoms with Crippen molar-refractivity contribution in [3.8, 4) is 0 Å². The van der Waals surface area contributed by atoms with Crippen LogP contribution in [0.3, 0.4) is 0 Å². The van der Waals surface area contributed by atoms with Gasteiger partial charge in [0.2, 0.25) is 5.91 Å². The second-order valence-corrected chi connectivity index (χ2v) is 5.80. The van der Waals surface area contributed by atoms with E-state index in [4.69, 9.17) is 4.74 Å². The molecule has 1 N–H and O–H groups in total. The number of ether oxygens (including phenoxy) is 1. The Morgan fingerprint density at radius 2 is 2.19 bits per heavy atom. The van der Waals surface area contributed by atoms with Gasteiger partial charge in [-0.3, -0.25) is 4.79 Å². The number of aromatic nitrogens is 1. The van der Waals surface area contributed by atoms with E-state index in [9.17, 15) is 9.59 Å². The predicted octanol–water partition coefficient (Wildman–Crippen LogP) is 3.05. The predicted molar refractivity (Wildman–Crippen MR) is 83.9 cm³/mol. The van der Waals surface area contributed by atoms with Gasteiger partial charge in [0.1, 0.15) is 0 Å². The largest absolute Gasteiger partial charge is 0.462 e. The van der Waals surface area contributed by atoms with Crippen LogP contribution in [0.4, 0.5) is 5.13 Å². The molecular formula is C14H14N2O3S2. The summed E-state index contributed by atoms with van der Waals surface area (Å²) < 4.78 is 5.00. The monoisotopic (exact) mass is 322 g/mol. The van der Waals surface area contributed by atoms with Crippen molar-refractivity contribution in [2.24, 2.45) is 0 Å². The summed E-state index contributed by atoms with van der Waals surface area (Å²) in [5.74, 6) is -0.328. The van der Waals surface area contributed by atoms with E-state index in [0.29, 0.717) is 17.3 Å². The molecule has 1 aromatic heterocycles. The van der Waals surface area contributed by atoms with Crippen LogP contribution in [0.25, 0.3) is 0 Å². The van der Waals surface area contributed by atoms with E-state index in [1.54, 1.807) is 36.7 Å². The Bertz CT molecular complexity index is 614. The van der Waals surface area contributed by atoms with Gasteiger partial charge in [-0.05, 0) is 19.1 Å². The molecule has 1 heterocycles. The van der Waals surface area contributed by atoms with E-state index in [2.05, 4.69) is 10.3 Å². The number of benzene rings is 1. The Labute approximate surface area is 130 Å². The van der Waals surface area contributed by atoms with Crippen molar-refractivity contribution < 1.29 is 14.3 Å². The zero-order valence-electron chi connectivity index (χ0n) is 11.4. The lowest BCUT2D eigenvalue weighted by Crippen LogP contribution is -2.14. The zero-order valence-corrected chi connectivity index (χ0v) is 13.0.